The molecule has 0 radical (unpaired) electrons. The third-order valence-electron chi connectivity index (χ3n) is 3.57. The minimum Gasteiger partial charge on any atom is -0.352 e. The Hall–Kier alpha value is -1.52. The van der Waals surface area contributed by atoms with Crippen molar-refractivity contribution >= 4 is 5.91 Å². The number of halogens is 3. The molecule has 5 heteroatoms. The van der Waals surface area contributed by atoms with Gasteiger partial charge in [-0.05, 0) is 36.6 Å². The number of carbonyl (C=O) groups excluding carboxylic acids is 1. The van der Waals surface area contributed by atoms with E-state index >= 15 is 0 Å². The Morgan fingerprint density at radius 2 is 1.81 bits per heavy atom. The summed E-state index contributed by atoms with van der Waals surface area (Å²) in [5, 5.41) is 2.80. The molecule has 21 heavy (non-hydrogen) atoms. The summed E-state index contributed by atoms with van der Waals surface area (Å²) < 4.78 is 37.3. The van der Waals surface area contributed by atoms with E-state index in [-0.39, 0.29) is 11.5 Å². The van der Waals surface area contributed by atoms with Crippen molar-refractivity contribution in [2.45, 2.75) is 45.7 Å². The molecule has 1 N–H and O–H groups in total. The van der Waals surface area contributed by atoms with E-state index in [4.69, 9.17) is 0 Å². The first-order valence-corrected chi connectivity index (χ1v) is 7.33. The summed E-state index contributed by atoms with van der Waals surface area (Å²) >= 11 is 0. The average molecular weight is 301 g/mol. The number of benzene rings is 1. The monoisotopic (exact) mass is 301 g/mol. The van der Waals surface area contributed by atoms with Crippen LogP contribution in [-0.4, -0.2) is 12.5 Å². The molecule has 0 heterocycles. The molecular formula is C16H22F3NO. The first-order chi connectivity index (χ1) is 9.88. The normalized spacial score (nSPS) is 13.0. The Morgan fingerprint density at radius 3 is 2.29 bits per heavy atom. The quantitative estimate of drug-likeness (QED) is 0.780. The highest BCUT2D eigenvalue weighted by atomic mass is 19.4. The SMILES string of the molecule is CCCC[C@H](CC)CNC(=O)c1ccc(C(F)(F)F)cc1. The number of alkyl halides is 3. The maximum Gasteiger partial charge on any atom is 0.416 e. The molecule has 0 bridgehead atoms. The zero-order valence-electron chi connectivity index (χ0n) is 12.5. The minimum absolute atomic E-state index is 0.258. The summed E-state index contributed by atoms with van der Waals surface area (Å²) in [5.74, 6) is 0.0991. The summed E-state index contributed by atoms with van der Waals surface area (Å²) in [4.78, 5) is 11.9. The van der Waals surface area contributed by atoms with Crippen molar-refractivity contribution in [3.63, 3.8) is 0 Å². The fraction of sp³-hybridized carbons (Fsp3) is 0.562. The fourth-order valence-electron chi connectivity index (χ4n) is 2.09. The van der Waals surface area contributed by atoms with Crippen molar-refractivity contribution in [3.05, 3.63) is 35.4 Å². The number of hydrogen-bond acceptors (Lipinski definition) is 1. The molecule has 0 unspecified atom stereocenters. The Balaban J connectivity index is 2.55. The second-order valence-corrected chi connectivity index (χ2v) is 5.20. The predicted molar refractivity (Wildman–Crippen MR) is 77.1 cm³/mol. The number of hydrogen-bond donors (Lipinski definition) is 1. The van der Waals surface area contributed by atoms with Gasteiger partial charge in [0.05, 0.1) is 5.56 Å². The maximum atomic E-state index is 12.4. The second kappa shape index (κ2) is 8.05. The van der Waals surface area contributed by atoms with E-state index in [0.717, 1.165) is 37.8 Å². The molecule has 1 rings (SSSR count). The van der Waals surface area contributed by atoms with Crippen LogP contribution in [-0.2, 0) is 6.18 Å². The molecule has 2 nitrogen and oxygen atoms in total. The van der Waals surface area contributed by atoms with Crippen LogP contribution in [0.1, 0.15) is 55.5 Å². The van der Waals surface area contributed by atoms with E-state index in [0.29, 0.717) is 12.5 Å². The zero-order chi connectivity index (χ0) is 15.9. The summed E-state index contributed by atoms with van der Waals surface area (Å²) in [6, 6.07) is 4.29. The van der Waals surface area contributed by atoms with Gasteiger partial charge in [0.2, 0.25) is 0 Å². The lowest BCUT2D eigenvalue weighted by Gasteiger charge is -2.15. The second-order valence-electron chi connectivity index (χ2n) is 5.20. The van der Waals surface area contributed by atoms with Crippen LogP contribution >= 0.6 is 0 Å². The largest absolute Gasteiger partial charge is 0.416 e. The summed E-state index contributed by atoms with van der Waals surface area (Å²) in [6.45, 7) is 4.76. The van der Waals surface area contributed by atoms with Crippen LogP contribution in [0.15, 0.2) is 24.3 Å². The van der Waals surface area contributed by atoms with E-state index in [1.807, 2.05) is 0 Å². The van der Waals surface area contributed by atoms with Gasteiger partial charge in [-0.3, -0.25) is 4.79 Å². The lowest BCUT2D eigenvalue weighted by atomic mass is 9.99. The highest BCUT2D eigenvalue weighted by Crippen LogP contribution is 2.29. The van der Waals surface area contributed by atoms with E-state index in [2.05, 4.69) is 19.2 Å². The molecule has 1 atom stereocenters. The van der Waals surface area contributed by atoms with E-state index in [1.54, 1.807) is 0 Å². The maximum absolute atomic E-state index is 12.4. The third kappa shape index (κ3) is 5.78. The highest BCUT2D eigenvalue weighted by molar-refractivity contribution is 5.94. The molecule has 1 aromatic carbocycles. The van der Waals surface area contributed by atoms with Crippen molar-refractivity contribution < 1.29 is 18.0 Å². The van der Waals surface area contributed by atoms with Gasteiger partial charge in [-0.1, -0.05) is 33.1 Å². The van der Waals surface area contributed by atoms with Gasteiger partial charge >= 0.3 is 6.18 Å². The van der Waals surface area contributed by atoms with Crippen molar-refractivity contribution in [1.29, 1.82) is 0 Å². The summed E-state index contributed by atoms with van der Waals surface area (Å²) in [7, 11) is 0. The van der Waals surface area contributed by atoms with Gasteiger partial charge in [-0.2, -0.15) is 13.2 Å². The molecular weight excluding hydrogens is 279 g/mol. The Bertz CT molecular complexity index is 440. The van der Waals surface area contributed by atoms with Gasteiger partial charge in [0.15, 0.2) is 0 Å². The van der Waals surface area contributed by atoms with Gasteiger partial charge in [0.1, 0.15) is 0 Å². The van der Waals surface area contributed by atoms with Crippen molar-refractivity contribution in [1.82, 2.24) is 5.32 Å². The van der Waals surface area contributed by atoms with Crippen molar-refractivity contribution in [3.8, 4) is 0 Å². The molecule has 1 amide bonds. The molecule has 1 aromatic rings. The van der Waals surface area contributed by atoms with Crippen LogP contribution in [0.25, 0.3) is 0 Å². The molecule has 0 saturated heterocycles. The van der Waals surface area contributed by atoms with Crippen molar-refractivity contribution in [2.24, 2.45) is 5.92 Å². The molecule has 0 aliphatic heterocycles. The predicted octanol–water partition coefficient (Wildman–Crippen LogP) is 4.65. The topological polar surface area (TPSA) is 29.1 Å². The number of nitrogens with one attached hydrogen (secondary N) is 1. The van der Waals surface area contributed by atoms with Gasteiger partial charge < -0.3 is 5.32 Å². The smallest absolute Gasteiger partial charge is 0.352 e. The molecule has 118 valence electrons. The van der Waals surface area contributed by atoms with Crippen LogP contribution in [0.3, 0.4) is 0 Å². The van der Waals surface area contributed by atoms with Gasteiger partial charge in [-0.25, -0.2) is 0 Å². The summed E-state index contributed by atoms with van der Waals surface area (Å²) in [6.07, 6.45) is -0.103. The molecule has 0 saturated carbocycles. The lowest BCUT2D eigenvalue weighted by molar-refractivity contribution is -0.137. The van der Waals surface area contributed by atoms with Gasteiger partial charge in [-0.15, -0.1) is 0 Å². The Kier molecular flexibility index (Phi) is 6.72. The van der Waals surface area contributed by atoms with E-state index < -0.39 is 11.7 Å². The fourth-order valence-corrected chi connectivity index (χ4v) is 2.09. The average Bonchev–Trinajstić information content (AvgIpc) is 2.46. The number of amides is 1. The van der Waals surface area contributed by atoms with Crippen LogP contribution in [0.4, 0.5) is 13.2 Å². The molecule has 0 fully saturated rings. The van der Waals surface area contributed by atoms with Crippen LogP contribution < -0.4 is 5.32 Å². The first-order valence-electron chi connectivity index (χ1n) is 7.33. The molecule has 0 aliphatic rings. The van der Waals surface area contributed by atoms with Crippen molar-refractivity contribution in [2.75, 3.05) is 6.54 Å². The van der Waals surface area contributed by atoms with Gasteiger partial charge in [0.25, 0.3) is 5.91 Å². The molecule has 0 spiro atoms. The number of unbranched alkanes of at least 4 members (excludes halogenated alkanes) is 1. The highest BCUT2D eigenvalue weighted by Gasteiger charge is 2.30. The summed E-state index contributed by atoms with van der Waals surface area (Å²) in [5.41, 5.74) is -0.484. The standard InChI is InChI=1S/C16H22F3NO/c1-3-5-6-12(4-2)11-20-15(21)13-7-9-14(10-8-13)16(17,18)19/h7-10,12H,3-6,11H2,1-2H3,(H,20,21)/t12-/m0/s1. The lowest BCUT2D eigenvalue weighted by Crippen LogP contribution is -2.29. The Morgan fingerprint density at radius 1 is 1.19 bits per heavy atom. The van der Waals surface area contributed by atoms with E-state index in [9.17, 15) is 18.0 Å². The molecule has 0 aliphatic carbocycles. The van der Waals surface area contributed by atoms with Crippen LogP contribution in [0.2, 0.25) is 0 Å². The molecule has 0 aromatic heterocycles. The first kappa shape index (κ1) is 17.5. The number of carbonyl (C=O) groups is 1. The zero-order valence-corrected chi connectivity index (χ0v) is 12.5. The minimum atomic E-state index is -4.37. The Labute approximate surface area is 123 Å². The van der Waals surface area contributed by atoms with E-state index in [1.165, 1.54) is 12.1 Å². The van der Waals surface area contributed by atoms with Crippen LogP contribution in [0, 0.1) is 5.92 Å². The number of rotatable bonds is 7. The van der Waals surface area contributed by atoms with Gasteiger partial charge in [0, 0.05) is 12.1 Å². The third-order valence-corrected chi connectivity index (χ3v) is 3.57. The van der Waals surface area contributed by atoms with Crippen LogP contribution in [0.5, 0.6) is 0 Å².